The largest absolute Gasteiger partial charge is 0.393 e. The van der Waals surface area contributed by atoms with E-state index in [1.165, 1.54) is 0 Å². The summed E-state index contributed by atoms with van der Waals surface area (Å²) in [7, 11) is 0. The number of benzene rings is 1. The maximum absolute atomic E-state index is 12.1. The lowest BCUT2D eigenvalue weighted by atomic mass is 9.65. The quantitative estimate of drug-likeness (QED) is 0.568. The molecule has 1 saturated heterocycles. The van der Waals surface area contributed by atoms with Gasteiger partial charge in [0, 0.05) is 18.3 Å². The minimum Gasteiger partial charge on any atom is -0.393 e. The molecule has 1 heterocycles. The van der Waals surface area contributed by atoms with Crippen LogP contribution in [0.1, 0.15) is 24.8 Å². The van der Waals surface area contributed by atoms with Gasteiger partial charge in [0.25, 0.3) is 0 Å². The summed E-state index contributed by atoms with van der Waals surface area (Å²) in [5.74, 6) is -2.63. The second-order valence-electron chi connectivity index (χ2n) is 5.27. The normalized spacial score (nSPS) is 34.1. The van der Waals surface area contributed by atoms with Crippen LogP contribution in [0.2, 0.25) is 0 Å². The highest BCUT2D eigenvalue weighted by molar-refractivity contribution is 6.01. The number of fused-ring (bicyclic) bond motifs is 1. The fourth-order valence-electron chi connectivity index (χ4n) is 3.25. The summed E-state index contributed by atoms with van der Waals surface area (Å²) >= 11 is 0. The molecule has 4 heteroatoms. The lowest BCUT2D eigenvalue weighted by Gasteiger charge is -2.34. The van der Waals surface area contributed by atoms with Gasteiger partial charge in [-0.15, -0.1) is 0 Å². The Morgan fingerprint density at radius 1 is 1.00 bits per heavy atom. The van der Waals surface area contributed by atoms with Gasteiger partial charge in [-0.05, 0) is 5.56 Å². The van der Waals surface area contributed by atoms with Crippen molar-refractivity contribution in [1.82, 2.24) is 0 Å². The van der Waals surface area contributed by atoms with E-state index in [4.69, 9.17) is 4.74 Å². The van der Waals surface area contributed by atoms with Crippen molar-refractivity contribution < 1.29 is 19.1 Å². The number of hydrogen-bond donors (Lipinski definition) is 0. The number of cyclic esters (lactones) is 2. The molecule has 0 aromatic heterocycles. The Hall–Kier alpha value is -1.97. The number of Topliss-reactive ketones (excluding diaryl/α,β-unsaturated/α-hetero) is 1. The van der Waals surface area contributed by atoms with Gasteiger partial charge in [-0.3, -0.25) is 14.4 Å². The van der Waals surface area contributed by atoms with Gasteiger partial charge >= 0.3 is 11.9 Å². The molecule has 98 valence electrons. The van der Waals surface area contributed by atoms with Crippen molar-refractivity contribution in [2.45, 2.75) is 19.3 Å². The lowest BCUT2D eigenvalue weighted by Crippen LogP contribution is -2.39. The SMILES string of the molecule is C[C@@H]1C(=O)C[C@@H]2C(=O)OC(=O)[C@@H]2[C@H]1c1ccccc1. The number of esters is 2. The highest BCUT2D eigenvalue weighted by atomic mass is 16.6. The average Bonchev–Trinajstić information content (AvgIpc) is 2.67. The van der Waals surface area contributed by atoms with Gasteiger partial charge in [-0.25, -0.2) is 0 Å². The second kappa shape index (κ2) is 4.30. The first-order valence-corrected chi connectivity index (χ1v) is 6.43. The highest BCUT2D eigenvalue weighted by Gasteiger charge is 2.55. The molecule has 1 saturated carbocycles. The van der Waals surface area contributed by atoms with Crippen molar-refractivity contribution in [3.05, 3.63) is 35.9 Å². The standard InChI is InChI=1S/C15H14O4/c1-8-11(16)7-10-13(15(18)19-14(10)17)12(8)9-5-3-2-4-6-9/h2-6,8,10,12-13H,7H2,1H3/t8-,10+,12-,13+/m1/s1. The monoisotopic (exact) mass is 258 g/mol. The number of hydrogen-bond acceptors (Lipinski definition) is 4. The molecule has 4 atom stereocenters. The maximum Gasteiger partial charge on any atom is 0.318 e. The molecule has 2 fully saturated rings. The molecule has 4 nitrogen and oxygen atoms in total. The molecule has 0 bridgehead atoms. The van der Waals surface area contributed by atoms with Gasteiger partial charge in [0.2, 0.25) is 0 Å². The van der Waals surface area contributed by atoms with E-state index in [-0.39, 0.29) is 24.0 Å². The van der Waals surface area contributed by atoms with Crippen LogP contribution in [0.15, 0.2) is 30.3 Å². The van der Waals surface area contributed by atoms with E-state index in [1.54, 1.807) is 0 Å². The summed E-state index contributed by atoms with van der Waals surface area (Å²) in [6.45, 7) is 1.83. The molecular formula is C15H14O4. The van der Waals surface area contributed by atoms with Crippen molar-refractivity contribution >= 4 is 17.7 Å². The van der Waals surface area contributed by atoms with Crippen molar-refractivity contribution in [2.24, 2.45) is 17.8 Å². The first kappa shape index (κ1) is 12.1. The Bertz CT molecular complexity index is 549. The summed E-state index contributed by atoms with van der Waals surface area (Å²) < 4.78 is 4.73. The molecule has 2 aliphatic rings. The number of ether oxygens (including phenoxy) is 1. The number of carbonyl (C=O) groups is 3. The van der Waals surface area contributed by atoms with Crippen LogP contribution in [0, 0.1) is 17.8 Å². The Labute approximate surface area is 110 Å². The summed E-state index contributed by atoms with van der Waals surface area (Å²) in [4.78, 5) is 35.6. The summed E-state index contributed by atoms with van der Waals surface area (Å²) in [6.07, 6.45) is 0.125. The van der Waals surface area contributed by atoms with Gasteiger partial charge in [-0.2, -0.15) is 0 Å². The van der Waals surface area contributed by atoms with Gasteiger partial charge < -0.3 is 4.74 Å². The van der Waals surface area contributed by atoms with Crippen LogP contribution < -0.4 is 0 Å². The van der Waals surface area contributed by atoms with Crippen LogP contribution in [-0.4, -0.2) is 17.7 Å². The zero-order valence-electron chi connectivity index (χ0n) is 10.5. The Balaban J connectivity index is 2.06. The third-order valence-corrected chi connectivity index (χ3v) is 4.25. The molecule has 1 aromatic rings. The van der Waals surface area contributed by atoms with Crippen LogP contribution in [0.5, 0.6) is 0 Å². The fraction of sp³-hybridized carbons (Fsp3) is 0.400. The molecule has 1 aromatic carbocycles. The Morgan fingerprint density at radius 3 is 2.37 bits per heavy atom. The first-order valence-electron chi connectivity index (χ1n) is 6.43. The molecule has 0 radical (unpaired) electrons. The van der Waals surface area contributed by atoms with Crippen LogP contribution in [0.4, 0.5) is 0 Å². The van der Waals surface area contributed by atoms with E-state index in [0.717, 1.165) is 5.56 Å². The zero-order valence-corrected chi connectivity index (χ0v) is 10.5. The fourth-order valence-corrected chi connectivity index (χ4v) is 3.25. The van der Waals surface area contributed by atoms with Crippen LogP contribution >= 0.6 is 0 Å². The molecule has 0 spiro atoms. The van der Waals surface area contributed by atoms with Crippen molar-refractivity contribution in [3.8, 4) is 0 Å². The molecule has 1 aliphatic heterocycles. The summed E-state index contributed by atoms with van der Waals surface area (Å²) in [6, 6.07) is 9.42. The predicted molar refractivity (Wildman–Crippen MR) is 66.1 cm³/mol. The topological polar surface area (TPSA) is 60.4 Å². The highest BCUT2D eigenvalue weighted by Crippen LogP contribution is 2.47. The van der Waals surface area contributed by atoms with Gasteiger partial charge in [0.05, 0.1) is 11.8 Å². The zero-order chi connectivity index (χ0) is 13.6. The molecule has 0 amide bonds. The van der Waals surface area contributed by atoms with Crippen LogP contribution in [0.3, 0.4) is 0 Å². The van der Waals surface area contributed by atoms with Crippen molar-refractivity contribution in [3.63, 3.8) is 0 Å². The summed E-state index contributed by atoms with van der Waals surface area (Å²) in [5.41, 5.74) is 0.921. The van der Waals surface area contributed by atoms with Crippen molar-refractivity contribution in [2.75, 3.05) is 0 Å². The second-order valence-corrected chi connectivity index (χ2v) is 5.27. The Kier molecular flexibility index (Phi) is 2.73. The third-order valence-electron chi connectivity index (χ3n) is 4.25. The maximum atomic E-state index is 12.1. The molecule has 19 heavy (non-hydrogen) atoms. The van der Waals surface area contributed by atoms with E-state index >= 15 is 0 Å². The van der Waals surface area contributed by atoms with E-state index < -0.39 is 23.8 Å². The number of rotatable bonds is 1. The smallest absolute Gasteiger partial charge is 0.318 e. The molecule has 0 unspecified atom stereocenters. The Morgan fingerprint density at radius 2 is 1.68 bits per heavy atom. The van der Waals surface area contributed by atoms with Gasteiger partial charge in [-0.1, -0.05) is 37.3 Å². The summed E-state index contributed by atoms with van der Waals surface area (Å²) in [5, 5.41) is 0. The van der Waals surface area contributed by atoms with E-state index in [2.05, 4.69) is 0 Å². The van der Waals surface area contributed by atoms with Crippen LogP contribution in [0.25, 0.3) is 0 Å². The third kappa shape index (κ3) is 1.79. The first-order chi connectivity index (χ1) is 9.09. The lowest BCUT2D eigenvalue weighted by molar-refractivity contribution is -0.154. The number of ketones is 1. The minimum atomic E-state index is -0.596. The van der Waals surface area contributed by atoms with E-state index in [1.807, 2.05) is 37.3 Å². The van der Waals surface area contributed by atoms with Crippen LogP contribution in [-0.2, 0) is 19.1 Å². The van der Waals surface area contributed by atoms with Crippen molar-refractivity contribution in [1.29, 1.82) is 0 Å². The average molecular weight is 258 g/mol. The molecular weight excluding hydrogens is 244 g/mol. The van der Waals surface area contributed by atoms with Gasteiger partial charge in [0.1, 0.15) is 5.78 Å². The minimum absolute atomic E-state index is 0.0294. The molecule has 1 aliphatic carbocycles. The number of carbonyl (C=O) groups excluding carboxylic acids is 3. The van der Waals surface area contributed by atoms with E-state index in [0.29, 0.717) is 0 Å². The predicted octanol–water partition coefficient (Wildman–Crippen LogP) is 1.69. The molecule has 3 rings (SSSR count). The molecule has 0 N–H and O–H groups in total. The van der Waals surface area contributed by atoms with E-state index in [9.17, 15) is 14.4 Å². The van der Waals surface area contributed by atoms with Gasteiger partial charge in [0.15, 0.2) is 0 Å².